The maximum Gasteiger partial charge on any atom is 0.231 e. The average Bonchev–Trinajstić information content (AvgIpc) is 3.02. The summed E-state index contributed by atoms with van der Waals surface area (Å²) in [5.41, 5.74) is 0. The van der Waals surface area contributed by atoms with E-state index in [0.29, 0.717) is 12.0 Å². The van der Waals surface area contributed by atoms with Crippen LogP contribution in [0.3, 0.4) is 0 Å². The minimum absolute atomic E-state index is 0.141. The Hall–Kier alpha value is -0.910. The molecule has 0 spiro atoms. The van der Waals surface area contributed by atoms with E-state index in [-0.39, 0.29) is 10.6 Å². The first kappa shape index (κ1) is 12.1. The Bertz CT molecular complexity index is 522. The van der Waals surface area contributed by atoms with Gasteiger partial charge in [-0.2, -0.15) is 15.0 Å². The van der Waals surface area contributed by atoms with Gasteiger partial charge < -0.3 is 4.90 Å². The van der Waals surface area contributed by atoms with E-state index in [1.807, 2.05) is 6.07 Å². The highest BCUT2D eigenvalue weighted by atomic mass is 35.5. The summed E-state index contributed by atoms with van der Waals surface area (Å²) >= 11 is 13.4. The molecule has 3 rings (SSSR count). The van der Waals surface area contributed by atoms with Crippen LogP contribution in [0.25, 0.3) is 0 Å². The van der Waals surface area contributed by atoms with Gasteiger partial charge in [-0.1, -0.05) is 6.07 Å². The molecule has 0 unspecified atom stereocenters. The van der Waals surface area contributed by atoms with Gasteiger partial charge in [-0.3, -0.25) is 0 Å². The lowest BCUT2D eigenvalue weighted by atomic mass is 10.4. The monoisotopic (exact) mass is 300 g/mol. The maximum absolute atomic E-state index is 5.83. The summed E-state index contributed by atoms with van der Waals surface area (Å²) in [4.78, 5) is 15.5. The summed E-state index contributed by atoms with van der Waals surface area (Å²) < 4.78 is 0. The van der Waals surface area contributed by atoms with Crippen LogP contribution in [0.4, 0.5) is 5.95 Å². The first-order chi connectivity index (χ1) is 8.72. The molecule has 2 heterocycles. The second kappa shape index (κ2) is 4.99. The van der Waals surface area contributed by atoms with Gasteiger partial charge in [-0.05, 0) is 47.5 Å². The van der Waals surface area contributed by atoms with Gasteiger partial charge in [0.15, 0.2) is 0 Å². The zero-order valence-corrected chi connectivity index (χ0v) is 11.7. The van der Waals surface area contributed by atoms with E-state index < -0.39 is 0 Å². The van der Waals surface area contributed by atoms with Crippen molar-refractivity contribution in [2.24, 2.45) is 0 Å². The first-order valence-electron chi connectivity index (χ1n) is 5.58. The summed E-state index contributed by atoms with van der Waals surface area (Å²) in [6.45, 7) is 0.791. The second-order valence-electron chi connectivity index (χ2n) is 4.11. The maximum atomic E-state index is 5.83. The second-order valence-corrected chi connectivity index (χ2v) is 5.82. The predicted octanol–water partition coefficient (Wildman–Crippen LogP) is 3.41. The third-order valence-corrected chi connectivity index (χ3v) is 3.92. The molecule has 1 saturated carbocycles. The normalized spacial score (nSPS) is 14.8. The smallest absolute Gasteiger partial charge is 0.231 e. The lowest BCUT2D eigenvalue weighted by molar-refractivity contribution is 0.759. The first-order valence-corrected chi connectivity index (χ1v) is 7.22. The van der Waals surface area contributed by atoms with E-state index in [2.05, 4.69) is 31.3 Å². The molecule has 0 bridgehead atoms. The molecule has 0 aromatic carbocycles. The third kappa shape index (κ3) is 2.74. The molecule has 2 aromatic heterocycles. The molecular formula is C11H10Cl2N4S. The molecule has 94 valence electrons. The zero-order valence-electron chi connectivity index (χ0n) is 9.38. The lowest BCUT2D eigenvalue weighted by Crippen LogP contribution is -2.26. The van der Waals surface area contributed by atoms with Gasteiger partial charge in [-0.25, -0.2) is 0 Å². The van der Waals surface area contributed by atoms with Crippen LogP contribution in [0.2, 0.25) is 10.6 Å². The van der Waals surface area contributed by atoms with E-state index in [1.165, 1.54) is 4.88 Å². The Balaban J connectivity index is 1.89. The van der Waals surface area contributed by atoms with Crippen LogP contribution >= 0.6 is 34.5 Å². The van der Waals surface area contributed by atoms with Crippen molar-refractivity contribution in [2.75, 3.05) is 4.90 Å². The van der Waals surface area contributed by atoms with Crippen molar-refractivity contribution in [1.29, 1.82) is 0 Å². The summed E-state index contributed by atoms with van der Waals surface area (Å²) in [7, 11) is 0. The number of hydrogen-bond acceptors (Lipinski definition) is 5. The van der Waals surface area contributed by atoms with Crippen molar-refractivity contribution in [3.63, 3.8) is 0 Å². The quantitative estimate of drug-likeness (QED) is 0.868. The summed E-state index contributed by atoms with van der Waals surface area (Å²) in [6.07, 6.45) is 2.32. The molecule has 1 aliphatic rings. The Morgan fingerprint density at radius 1 is 1.22 bits per heavy atom. The highest BCUT2D eigenvalue weighted by Crippen LogP contribution is 2.32. The largest absolute Gasteiger partial charge is 0.333 e. The fraction of sp³-hybridized carbons (Fsp3) is 0.364. The third-order valence-electron chi connectivity index (χ3n) is 2.72. The van der Waals surface area contributed by atoms with Gasteiger partial charge in [0.1, 0.15) is 0 Å². The van der Waals surface area contributed by atoms with E-state index in [9.17, 15) is 0 Å². The Morgan fingerprint density at radius 2 is 1.94 bits per heavy atom. The summed E-state index contributed by atoms with van der Waals surface area (Å²) in [5.74, 6) is 0.566. The molecular weight excluding hydrogens is 291 g/mol. The standard InChI is InChI=1S/C11H10Cl2N4S/c12-9-14-10(13)16-11(15-9)17(7-3-4-7)6-8-2-1-5-18-8/h1-2,5,7H,3-4,6H2. The van der Waals surface area contributed by atoms with Gasteiger partial charge in [-0.15, -0.1) is 11.3 Å². The van der Waals surface area contributed by atoms with Crippen LogP contribution in [-0.2, 0) is 6.54 Å². The van der Waals surface area contributed by atoms with Crippen molar-refractivity contribution in [3.05, 3.63) is 33.0 Å². The van der Waals surface area contributed by atoms with Gasteiger partial charge in [0, 0.05) is 10.9 Å². The number of halogens is 2. The SMILES string of the molecule is Clc1nc(Cl)nc(N(Cc2cccs2)C2CC2)n1. The molecule has 0 amide bonds. The molecule has 1 aliphatic carbocycles. The average molecular weight is 301 g/mol. The number of aromatic nitrogens is 3. The Morgan fingerprint density at radius 3 is 2.50 bits per heavy atom. The zero-order chi connectivity index (χ0) is 12.5. The fourth-order valence-electron chi connectivity index (χ4n) is 1.76. The van der Waals surface area contributed by atoms with E-state index in [1.54, 1.807) is 11.3 Å². The van der Waals surface area contributed by atoms with Crippen molar-refractivity contribution in [3.8, 4) is 0 Å². The van der Waals surface area contributed by atoms with Gasteiger partial charge in [0.2, 0.25) is 16.5 Å². The van der Waals surface area contributed by atoms with Crippen molar-refractivity contribution >= 4 is 40.5 Å². The molecule has 0 radical (unpaired) electrons. The molecule has 1 fully saturated rings. The number of anilines is 1. The lowest BCUT2D eigenvalue weighted by Gasteiger charge is -2.21. The predicted molar refractivity (Wildman–Crippen MR) is 73.4 cm³/mol. The van der Waals surface area contributed by atoms with Crippen molar-refractivity contribution in [2.45, 2.75) is 25.4 Å². The van der Waals surface area contributed by atoms with Crippen LogP contribution < -0.4 is 4.90 Å². The van der Waals surface area contributed by atoms with Gasteiger partial charge in [0.25, 0.3) is 0 Å². The van der Waals surface area contributed by atoms with Crippen molar-refractivity contribution in [1.82, 2.24) is 15.0 Å². The molecule has 4 nitrogen and oxygen atoms in total. The van der Waals surface area contributed by atoms with Crippen molar-refractivity contribution < 1.29 is 0 Å². The fourth-order valence-corrected chi connectivity index (χ4v) is 2.82. The Labute approximate surface area is 119 Å². The highest BCUT2D eigenvalue weighted by molar-refractivity contribution is 7.09. The topological polar surface area (TPSA) is 41.9 Å². The molecule has 0 atom stereocenters. The van der Waals surface area contributed by atoms with E-state index >= 15 is 0 Å². The number of nitrogens with zero attached hydrogens (tertiary/aromatic N) is 4. The Kier molecular flexibility index (Phi) is 3.37. The van der Waals surface area contributed by atoms with Crippen LogP contribution in [-0.4, -0.2) is 21.0 Å². The molecule has 0 N–H and O–H groups in total. The summed E-state index contributed by atoms with van der Waals surface area (Å²) in [6, 6.07) is 4.63. The number of rotatable bonds is 4. The van der Waals surface area contributed by atoms with E-state index in [0.717, 1.165) is 19.4 Å². The molecule has 0 aliphatic heterocycles. The van der Waals surface area contributed by atoms with E-state index in [4.69, 9.17) is 23.2 Å². The van der Waals surface area contributed by atoms with Gasteiger partial charge >= 0.3 is 0 Å². The highest BCUT2D eigenvalue weighted by Gasteiger charge is 2.31. The van der Waals surface area contributed by atoms with Crippen LogP contribution in [0.15, 0.2) is 17.5 Å². The summed E-state index contributed by atoms with van der Waals surface area (Å²) in [5, 5.41) is 2.34. The van der Waals surface area contributed by atoms with Crippen LogP contribution in [0, 0.1) is 0 Å². The minimum Gasteiger partial charge on any atom is -0.333 e. The number of thiophene rings is 1. The molecule has 2 aromatic rings. The van der Waals surface area contributed by atoms with Crippen LogP contribution in [0.5, 0.6) is 0 Å². The van der Waals surface area contributed by atoms with Crippen LogP contribution in [0.1, 0.15) is 17.7 Å². The number of hydrogen-bond donors (Lipinski definition) is 0. The molecule has 0 saturated heterocycles. The molecule has 7 heteroatoms. The van der Waals surface area contributed by atoms with Gasteiger partial charge in [0.05, 0.1) is 6.54 Å². The molecule has 18 heavy (non-hydrogen) atoms. The minimum atomic E-state index is 0.141.